The van der Waals surface area contributed by atoms with E-state index in [0.29, 0.717) is 6.54 Å². The van der Waals surface area contributed by atoms with Crippen molar-refractivity contribution >= 4 is 11.6 Å². The van der Waals surface area contributed by atoms with Gasteiger partial charge < -0.3 is 10.2 Å². The summed E-state index contributed by atoms with van der Waals surface area (Å²) in [5, 5.41) is 0.759. The number of benzene rings is 1. The highest BCUT2D eigenvalue weighted by molar-refractivity contribution is 6.31. The Labute approximate surface area is 100 Å². The molecule has 2 N–H and O–H groups in total. The van der Waals surface area contributed by atoms with Crippen LogP contribution >= 0.6 is 11.6 Å². The molecule has 1 heterocycles. The van der Waals surface area contributed by atoms with Gasteiger partial charge in [-0.05, 0) is 37.2 Å². The molecule has 3 heteroatoms. The lowest BCUT2D eigenvalue weighted by Gasteiger charge is -2.01. The second kappa shape index (κ2) is 4.73. The van der Waals surface area contributed by atoms with Gasteiger partial charge in [0.15, 0.2) is 0 Å². The molecule has 16 heavy (non-hydrogen) atoms. The molecule has 1 aromatic heterocycles. The summed E-state index contributed by atoms with van der Waals surface area (Å²) in [4.78, 5) is 0. The summed E-state index contributed by atoms with van der Waals surface area (Å²) in [6.07, 6.45) is 0.763. The molecule has 2 rings (SSSR count). The van der Waals surface area contributed by atoms with Crippen LogP contribution in [0.2, 0.25) is 5.02 Å². The minimum absolute atomic E-state index is 0.599. The van der Waals surface area contributed by atoms with Gasteiger partial charge in [0.2, 0.25) is 0 Å². The number of furan rings is 1. The van der Waals surface area contributed by atoms with E-state index < -0.39 is 0 Å². The number of hydrogen-bond acceptors (Lipinski definition) is 2. The highest BCUT2D eigenvalue weighted by atomic mass is 35.5. The fourth-order valence-electron chi connectivity index (χ4n) is 1.56. The van der Waals surface area contributed by atoms with Crippen molar-refractivity contribution in [2.75, 3.05) is 6.54 Å². The molecule has 0 saturated heterocycles. The van der Waals surface area contributed by atoms with Crippen molar-refractivity contribution in [2.45, 2.75) is 13.3 Å². The summed E-state index contributed by atoms with van der Waals surface area (Å²) in [6.45, 7) is 2.58. The molecule has 0 radical (unpaired) electrons. The van der Waals surface area contributed by atoms with Gasteiger partial charge in [-0.25, -0.2) is 0 Å². The summed E-state index contributed by atoms with van der Waals surface area (Å²) < 4.78 is 5.67. The third-order valence-corrected chi connectivity index (χ3v) is 2.92. The van der Waals surface area contributed by atoms with E-state index in [9.17, 15) is 0 Å². The van der Waals surface area contributed by atoms with Crippen molar-refractivity contribution in [1.29, 1.82) is 0 Å². The largest absolute Gasteiger partial charge is 0.461 e. The van der Waals surface area contributed by atoms with Gasteiger partial charge in [-0.2, -0.15) is 0 Å². The Hall–Kier alpha value is -1.25. The minimum Gasteiger partial charge on any atom is -0.461 e. The SMILES string of the molecule is Cc1ccc(-c2ccc(CCN)o2)cc1Cl. The molecule has 0 bridgehead atoms. The second-order valence-corrected chi connectivity index (χ2v) is 4.18. The highest BCUT2D eigenvalue weighted by Gasteiger charge is 2.05. The van der Waals surface area contributed by atoms with Gasteiger partial charge >= 0.3 is 0 Å². The zero-order chi connectivity index (χ0) is 11.5. The van der Waals surface area contributed by atoms with Crippen LogP contribution in [0.3, 0.4) is 0 Å². The van der Waals surface area contributed by atoms with E-state index in [4.69, 9.17) is 21.8 Å². The van der Waals surface area contributed by atoms with Crippen LogP contribution in [0.15, 0.2) is 34.7 Å². The molecule has 0 saturated carbocycles. The van der Waals surface area contributed by atoms with Crippen LogP contribution in [0.4, 0.5) is 0 Å². The van der Waals surface area contributed by atoms with Crippen LogP contribution in [0.1, 0.15) is 11.3 Å². The Morgan fingerprint density at radius 1 is 1.25 bits per heavy atom. The third-order valence-electron chi connectivity index (χ3n) is 2.51. The van der Waals surface area contributed by atoms with Gasteiger partial charge in [0.25, 0.3) is 0 Å². The van der Waals surface area contributed by atoms with Crippen molar-refractivity contribution in [3.63, 3.8) is 0 Å². The first-order valence-electron chi connectivity index (χ1n) is 5.26. The molecule has 2 nitrogen and oxygen atoms in total. The zero-order valence-electron chi connectivity index (χ0n) is 9.16. The quantitative estimate of drug-likeness (QED) is 0.886. The van der Waals surface area contributed by atoms with Crippen molar-refractivity contribution in [3.8, 4) is 11.3 Å². The van der Waals surface area contributed by atoms with Crippen LogP contribution in [0, 0.1) is 6.92 Å². The van der Waals surface area contributed by atoms with Crippen molar-refractivity contribution in [1.82, 2.24) is 0 Å². The topological polar surface area (TPSA) is 39.2 Å². The van der Waals surface area contributed by atoms with Crippen molar-refractivity contribution in [2.24, 2.45) is 5.73 Å². The molecule has 2 aromatic rings. The number of aryl methyl sites for hydroxylation is 1. The van der Waals surface area contributed by atoms with E-state index in [1.54, 1.807) is 0 Å². The normalized spacial score (nSPS) is 10.7. The lowest BCUT2D eigenvalue weighted by atomic mass is 10.1. The Bertz CT molecular complexity index is 490. The molecule has 0 amide bonds. The van der Waals surface area contributed by atoms with Crippen molar-refractivity contribution < 1.29 is 4.42 Å². The molecular weight excluding hydrogens is 222 g/mol. The summed E-state index contributed by atoms with van der Waals surface area (Å²) in [5.74, 6) is 1.75. The van der Waals surface area contributed by atoms with E-state index in [0.717, 1.165) is 34.1 Å². The molecule has 0 atom stereocenters. The number of rotatable bonds is 3. The van der Waals surface area contributed by atoms with Gasteiger partial charge in [0, 0.05) is 17.0 Å². The fourth-order valence-corrected chi connectivity index (χ4v) is 1.74. The van der Waals surface area contributed by atoms with Gasteiger partial charge in [-0.15, -0.1) is 0 Å². The average molecular weight is 236 g/mol. The molecule has 0 spiro atoms. The van der Waals surface area contributed by atoms with Crippen LogP contribution < -0.4 is 5.73 Å². The van der Waals surface area contributed by atoms with E-state index in [2.05, 4.69) is 0 Å². The number of nitrogens with two attached hydrogens (primary N) is 1. The maximum Gasteiger partial charge on any atom is 0.134 e. The Balaban J connectivity index is 2.31. The second-order valence-electron chi connectivity index (χ2n) is 3.77. The predicted octanol–water partition coefficient (Wildman–Crippen LogP) is 3.41. The van der Waals surface area contributed by atoms with Gasteiger partial charge in [0.1, 0.15) is 11.5 Å². The minimum atomic E-state index is 0.599. The summed E-state index contributed by atoms with van der Waals surface area (Å²) >= 11 is 6.07. The monoisotopic (exact) mass is 235 g/mol. The first-order valence-corrected chi connectivity index (χ1v) is 5.64. The first-order chi connectivity index (χ1) is 7.70. The molecule has 84 valence electrons. The molecular formula is C13H14ClNO. The molecule has 0 aliphatic carbocycles. The van der Waals surface area contributed by atoms with Crippen LogP contribution in [-0.4, -0.2) is 6.54 Å². The van der Waals surface area contributed by atoms with Crippen LogP contribution in [0.5, 0.6) is 0 Å². The van der Waals surface area contributed by atoms with Crippen molar-refractivity contribution in [3.05, 3.63) is 46.7 Å². The highest BCUT2D eigenvalue weighted by Crippen LogP contribution is 2.26. The summed E-state index contributed by atoms with van der Waals surface area (Å²) in [7, 11) is 0. The lowest BCUT2D eigenvalue weighted by molar-refractivity contribution is 0.523. The maximum absolute atomic E-state index is 6.07. The Morgan fingerprint density at radius 2 is 2.06 bits per heavy atom. The van der Waals surface area contributed by atoms with Crippen LogP contribution in [-0.2, 0) is 6.42 Å². The first kappa shape index (κ1) is 11.2. The summed E-state index contributed by atoms with van der Waals surface area (Å²) in [6, 6.07) is 9.82. The molecule has 0 aliphatic heterocycles. The predicted molar refractivity (Wildman–Crippen MR) is 66.6 cm³/mol. The molecule has 0 fully saturated rings. The zero-order valence-corrected chi connectivity index (χ0v) is 9.92. The Morgan fingerprint density at radius 3 is 2.75 bits per heavy atom. The summed E-state index contributed by atoms with van der Waals surface area (Å²) in [5.41, 5.74) is 7.54. The smallest absolute Gasteiger partial charge is 0.134 e. The lowest BCUT2D eigenvalue weighted by Crippen LogP contribution is -2.01. The van der Waals surface area contributed by atoms with E-state index in [1.165, 1.54) is 0 Å². The third kappa shape index (κ3) is 2.29. The van der Waals surface area contributed by atoms with E-state index in [1.807, 2.05) is 37.3 Å². The van der Waals surface area contributed by atoms with Gasteiger partial charge in [0.05, 0.1) is 0 Å². The molecule has 1 aromatic carbocycles. The van der Waals surface area contributed by atoms with Crippen LogP contribution in [0.25, 0.3) is 11.3 Å². The Kier molecular flexibility index (Phi) is 3.32. The average Bonchev–Trinajstić information content (AvgIpc) is 2.71. The molecule has 0 aliphatic rings. The number of halogens is 1. The fraction of sp³-hybridized carbons (Fsp3) is 0.231. The molecule has 0 unspecified atom stereocenters. The van der Waals surface area contributed by atoms with E-state index >= 15 is 0 Å². The number of hydrogen-bond donors (Lipinski definition) is 1. The standard InChI is InChI=1S/C13H14ClNO/c1-9-2-3-10(8-12(9)14)13-5-4-11(16-13)6-7-15/h2-5,8H,6-7,15H2,1H3. The van der Waals surface area contributed by atoms with E-state index in [-0.39, 0.29) is 0 Å². The van der Waals surface area contributed by atoms with Gasteiger partial charge in [-0.1, -0.05) is 23.7 Å². The maximum atomic E-state index is 6.07. The van der Waals surface area contributed by atoms with Gasteiger partial charge in [-0.3, -0.25) is 0 Å².